The molecule has 0 radical (unpaired) electrons. The molecule has 174 valence electrons. The smallest absolute Gasteiger partial charge is 0.275 e. The van der Waals surface area contributed by atoms with Crippen LogP contribution < -0.4 is 10.2 Å². The summed E-state index contributed by atoms with van der Waals surface area (Å²) in [5.74, 6) is 0.832. The number of carbonyl (C=O) groups is 2. The molecule has 5 rings (SSSR count). The molecule has 3 aromatic rings. The summed E-state index contributed by atoms with van der Waals surface area (Å²) in [6.07, 6.45) is 3.33. The molecule has 0 bridgehead atoms. The fraction of sp³-hybridized carbons (Fsp3) is 0.481. The van der Waals surface area contributed by atoms with Crippen LogP contribution in [-0.2, 0) is 11.3 Å². The van der Waals surface area contributed by atoms with Crippen molar-refractivity contribution in [1.29, 1.82) is 0 Å². The van der Waals surface area contributed by atoms with Crippen molar-refractivity contribution in [3.8, 4) is 0 Å². The Morgan fingerprint density at radius 3 is 2.76 bits per heavy atom. The van der Waals surface area contributed by atoms with Gasteiger partial charge in [-0.1, -0.05) is 38.8 Å². The van der Waals surface area contributed by atoms with E-state index in [1.165, 1.54) is 6.42 Å². The van der Waals surface area contributed by atoms with Crippen LogP contribution in [0, 0.1) is 25.7 Å². The van der Waals surface area contributed by atoms with Gasteiger partial charge in [0.1, 0.15) is 11.2 Å². The van der Waals surface area contributed by atoms with Gasteiger partial charge in [-0.25, -0.2) is 0 Å². The van der Waals surface area contributed by atoms with E-state index in [2.05, 4.69) is 32.2 Å². The summed E-state index contributed by atoms with van der Waals surface area (Å²) in [4.78, 5) is 29.8. The van der Waals surface area contributed by atoms with E-state index in [1.807, 2.05) is 48.1 Å². The molecule has 1 aliphatic heterocycles. The first-order valence-electron chi connectivity index (χ1n) is 12.0. The van der Waals surface area contributed by atoms with Gasteiger partial charge in [0.15, 0.2) is 0 Å². The summed E-state index contributed by atoms with van der Waals surface area (Å²) >= 11 is 1.63. The normalized spacial score (nSPS) is 27.6. The van der Waals surface area contributed by atoms with E-state index >= 15 is 0 Å². The molecule has 1 aromatic carbocycles. The number of hydrogen-bond donors (Lipinski definition) is 1. The first kappa shape index (κ1) is 22.2. The Morgan fingerprint density at radius 2 is 1.97 bits per heavy atom. The van der Waals surface area contributed by atoms with Crippen LogP contribution in [-0.4, -0.2) is 28.0 Å². The minimum Gasteiger partial charge on any atom is -0.351 e. The summed E-state index contributed by atoms with van der Waals surface area (Å²) in [6.45, 7) is 11.0. The van der Waals surface area contributed by atoms with Crippen LogP contribution >= 0.6 is 11.3 Å². The molecule has 5 nitrogen and oxygen atoms in total. The molecule has 2 amide bonds. The SMILES string of the molecule is Cc1cccc(N2C(=O)c3cc4sccc4n3C[C@]2(C)C(=O)N[C@@H]2CCC[C@H](C)[C@H]2C)c1C. The molecule has 1 N–H and O–H groups in total. The van der Waals surface area contributed by atoms with Crippen molar-refractivity contribution < 1.29 is 9.59 Å². The Kier molecular flexibility index (Phi) is 5.39. The van der Waals surface area contributed by atoms with Crippen molar-refractivity contribution in [3.63, 3.8) is 0 Å². The Labute approximate surface area is 199 Å². The van der Waals surface area contributed by atoms with E-state index in [-0.39, 0.29) is 17.9 Å². The number of benzene rings is 1. The Bertz CT molecular complexity index is 1240. The summed E-state index contributed by atoms with van der Waals surface area (Å²) in [5.41, 5.74) is 3.62. The molecule has 1 aliphatic carbocycles. The van der Waals surface area contributed by atoms with E-state index < -0.39 is 5.54 Å². The molecular formula is C27H33N3O2S. The molecule has 4 atom stereocenters. The van der Waals surface area contributed by atoms with Gasteiger partial charge in [-0.05, 0) is 73.7 Å². The van der Waals surface area contributed by atoms with Crippen LogP contribution in [0.2, 0.25) is 0 Å². The van der Waals surface area contributed by atoms with Crippen molar-refractivity contribution in [2.45, 2.75) is 72.0 Å². The number of anilines is 1. The molecule has 2 aromatic heterocycles. The summed E-state index contributed by atoms with van der Waals surface area (Å²) in [6, 6.07) is 10.2. The van der Waals surface area contributed by atoms with Gasteiger partial charge < -0.3 is 9.88 Å². The lowest BCUT2D eigenvalue weighted by molar-refractivity contribution is -0.128. The monoisotopic (exact) mass is 463 g/mol. The maximum atomic E-state index is 14.1. The van der Waals surface area contributed by atoms with Crippen LogP contribution in [0.5, 0.6) is 0 Å². The quantitative estimate of drug-likeness (QED) is 0.543. The van der Waals surface area contributed by atoms with E-state index in [0.717, 1.165) is 39.9 Å². The summed E-state index contributed by atoms with van der Waals surface area (Å²) in [5, 5.41) is 5.43. The number of fused-ring (bicyclic) bond motifs is 3. The maximum absolute atomic E-state index is 14.1. The van der Waals surface area contributed by atoms with Gasteiger partial charge in [0, 0.05) is 11.7 Å². The van der Waals surface area contributed by atoms with Crippen LogP contribution in [0.15, 0.2) is 35.7 Å². The van der Waals surface area contributed by atoms with Crippen LogP contribution in [0.25, 0.3) is 10.2 Å². The number of rotatable bonds is 3. The highest BCUT2D eigenvalue weighted by Crippen LogP contribution is 2.39. The number of aryl methyl sites for hydroxylation is 1. The van der Waals surface area contributed by atoms with E-state index in [0.29, 0.717) is 24.1 Å². The number of carbonyl (C=O) groups excluding carboxylic acids is 2. The number of nitrogens with one attached hydrogen (secondary N) is 1. The fourth-order valence-corrected chi connectivity index (χ4v) is 6.50. The third-order valence-electron chi connectivity index (χ3n) is 8.23. The van der Waals surface area contributed by atoms with Gasteiger partial charge >= 0.3 is 0 Å². The molecule has 0 saturated heterocycles. The number of aromatic nitrogens is 1. The first-order chi connectivity index (χ1) is 15.7. The third-order valence-corrected chi connectivity index (χ3v) is 9.09. The molecule has 2 aliphatic rings. The van der Waals surface area contributed by atoms with Crippen LogP contribution in [0.1, 0.15) is 61.6 Å². The molecule has 1 fully saturated rings. The fourth-order valence-electron chi connectivity index (χ4n) is 5.68. The number of thiophene rings is 1. The van der Waals surface area contributed by atoms with Gasteiger partial charge in [-0.15, -0.1) is 11.3 Å². The van der Waals surface area contributed by atoms with E-state index in [4.69, 9.17) is 0 Å². The number of hydrogen-bond acceptors (Lipinski definition) is 3. The molecule has 33 heavy (non-hydrogen) atoms. The number of nitrogens with zero attached hydrogens (tertiary/aromatic N) is 2. The average molecular weight is 464 g/mol. The predicted octanol–water partition coefficient (Wildman–Crippen LogP) is 5.68. The lowest BCUT2D eigenvalue weighted by Gasteiger charge is -2.46. The van der Waals surface area contributed by atoms with E-state index in [9.17, 15) is 9.59 Å². The number of amides is 2. The molecule has 0 unspecified atom stereocenters. The van der Waals surface area contributed by atoms with Gasteiger partial charge in [-0.3, -0.25) is 14.5 Å². The van der Waals surface area contributed by atoms with Crippen molar-refractivity contribution in [1.82, 2.24) is 9.88 Å². The third kappa shape index (κ3) is 3.41. The van der Waals surface area contributed by atoms with Crippen molar-refractivity contribution >= 4 is 39.1 Å². The van der Waals surface area contributed by atoms with E-state index in [1.54, 1.807) is 16.2 Å². The Morgan fingerprint density at radius 1 is 1.18 bits per heavy atom. The summed E-state index contributed by atoms with van der Waals surface area (Å²) < 4.78 is 3.13. The average Bonchev–Trinajstić information content (AvgIpc) is 3.37. The molecule has 3 heterocycles. The van der Waals surface area contributed by atoms with Crippen molar-refractivity contribution in [2.24, 2.45) is 11.8 Å². The minimum atomic E-state index is -1.03. The van der Waals surface area contributed by atoms with Gasteiger partial charge in [0.2, 0.25) is 5.91 Å². The van der Waals surface area contributed by atoms with Gasteiger partial charge in [0.05, 0.1) is 16.8 Å². The van der Waals surface area contributed by atoms with Gasteiger partial charge in [0.25, 0.3) is 5.91 Å². The Balaban J connectivity index is 1.61. The molecule has 1 saturated carbocycles. The second-order valence-electron chi connectivity index (χ2n) is 10.3. The van der Waals surface area contributed by atoms with Gasteiger partial charge in [-0.2, -0.15) is 0 Å². The highest BCUT2D eigenvalue weighted by Gasteiger charge is 2.50. The highest BCUT2D eigenvalue weighted by molar-refractivity contribution is 7.17. The lowest BCUT2D eigenvalue weighted by atomic mass is 9.77. The van der Waals surface area contributed by atoms with Crippen molar-refractivity contribution in [3.05, 3.63) is 52.5 Å². The zero-order valence-electron chi connectivity index (χ0n) is 20.1. The Hall–Kier alpha value is -2.60. The topological polar surface area (TPSA) is 54.3 Å². The minimum absolute atomic E-state index is 0.0644. The largest absolute Gasteiger partial charge is 0.351 e. The standard InChI is InChI=1S/C27H33N3O2S/c1-16-8-6-10-20(18(16)3)28-26(32)27(5)15-29-22-12-13-33-24(22)14-23(29)25(31)30(27)21-11-7-9-17(2)19(21)4/h7,9,11-14,16,18,20H,6,8,10,15H2,1-5H3,(H,28,32)/t16-,18+,20+,27+/m0/s1. The lowest BCUT2D eigenvalue weighted by Crippen LogP contribution is -2.66. The second kappa shape index (κ2) is 8.01. The molecule has 6 heteroatoms. The molecular weight excluding hydrogens is 430 g/mol. The van der Waals surface area contributed by atoms with Crippen LogP contribution in [0.3, 0.4) is 0 Å². The second-order valence-corrected chi connectivity index (χ2v) is 11.2. The maximum Gasteiger partial charge on any atom is 0.275 e. The summed E-state index contributed by atoms with van der Waals surface area (Å²) in [7, 11) is 0. The first-order valence-corrected chi connectivity index (χ1v) is 12.9. The van der Waals surface area contributed by atoms with Crippen molar-refractivity contribution in [2.75, 3.05) is 4.90 Å². The zero-order chi connectivity index (χ0) is 23.5. The van der Waals surface area contributed by atoms with Crippen LogP contribution in [0.4, 0.5) is 5.69 Å². The predicted molar refractivity (Wildman–Crippen MR) is 135 cm³/mol. The highest BCUT2D eigenvalue weighted by atomic mass is 32.1. The zero-order valence-corrected chi connectivity index (χ0v) is 21.0. The molecule has 0 spiro atoms.